The fourth-order valence-corrected chi connectivity index (χ4v) is 1.22. The van der Waals surface area contributed by atoms with Crippen molar-refractivity contribution in [3.63, 3.8) is 0 Å². The molecule has 2 rings (SSSR count). The van der Waals surface area contributed by atoms with Gasteiger partial charge in [-0.2, -0.15) is 4.98 Å². The van der Waals surface area contributed by atoms with E-state index in [1.807, 2.05) is 0 Å². The lowest BCUT2D eigenvalue weighted by atomic mass is 10.4. The van der Waals surface area contributed by atoms with E-state index < -0.39 is 5.97 Å². The third kappa shape index (κ3) is 3.15. The Labute approximate surface area is 96.4 Å². The Morgan fingerprint density at radius 1 is 1.53 bits per heavy atom. The van der Waals surface area contributed by atoms with Crippen molar-refractivity contribution in [3.8, 4) is 11.7 Å². The van der Waals surface area contributed by atoms with Gasteiger partial charge >= 0.3 is 5.97 Å². The summed E-state index contributed by atoms with van der Waals surface area (Å²) in [6, 6.07) is 3.44. The zero-order valence-corrected chi connectivity index (χ0v) is 8.92. The van der Waals surface area contributed by atoms with Crippen LogP contribution in [0.1, 0.15) is 12.2 Å². The van der Waals surface area contributed by atoms with E-state index in [-0.39, 0.29) is 6.42 Å². The van der Waals surface area contributed by atoms with Gasteiger partial charge < -0.3 is 19.4 Å². The molecule has 0 amide bonds. The van der Waals surface area contributed by atoms with Crippen molar-refractivity contribution in [1.82, 2.24) is 15.5 Å². The maximum Gasteiger partial charge on any atom is 0.304 e. The standard InChI is InChI=1S/C10H11N3O4/c14-9(15)3-4-11-6-8-12-10(17-13-8)7-2-1-5-16-7/h1-2,5,11H,3-4,6H2,(H,14,15). The Morgan fingerprint density at radius 2 is 2.41 bits per heavy atom. The van der Waals surface area contributed by atoms with E-state index in [9.17, 15) is 4.79 Å². The first kappa shape index (κ1) is 11.3. The highest BCUT2D eigenvalue weighted by molar-refractivity contribution is 5.66. The van der Waals surface area contributed by atoms with E-state index in [0.717, 1.165) is 0 Å². The third-order valence-corrected chi connectivity index (χ3v) is 2.00. The highest BCUT2D eigenvalue weighted by Gasteiger charge is 2.10. The Bertz CT molecular complexity index is 477. The van der Waals surface area contributed by atoms with Crippen LogP contribution in [0.3, 0.4) is 0 Å². The van der Waals surface area contributed by atoms with Crippen LogP contribution in [0, 0.1) is 0 Å². The monoisotopic (exact) mass is 237 g/mol. The van der Waals surface area contributed by atoms with Gasteiger partial charge in [-0.1, -0.05) is 5.16 Å². The van der Waals surface area contributed by atoms with E-state index in [0.29, 0.717) is 30.6 Å². The van der Waals surface area contributed by atoms with Crippen molar-refractivity contribution in [1.29, 1.82) is 0 Å². The Morgan fingerprint density at radius 3 is 3.12 bits per heavy atom. The van der Waals surface area contributed by atoms with Gasteiger partial charge in [0.2, 0.25) is 0 Å². The van der Waals surface area contributed by atoms with Crippen LogP contribution < -0.4 is 5.32 Å². The maximum atomic E-state index is 10.3. The number of hydrogen-bond donors (Lipinski definition) is 2. The number of furan rings is 1. The van der Waals surface area contributed by atoms with E-state index in [1.165, 1.54) is 6.26 Å². The molecule has 0 bridgehead atoms. The number of nitrogens with zero attached hydrogens (tertiary/aromatic N) is 2. The number of hydrogen-bond acceptors (Lipinski definition) is 6. The van der Waals surface area contributed by atoms with Crippen molar-refractivity contribution >= 4 is 5.97 Å². The van der Waals surface area contributed by atoms with Crippen LogP contribution in [0.25, 0.3) is 11.7 Å². The fourth-order valence-electron chi connectivity index (χ4n) is 1.22. The molecule has 7 nitrogen and oxygen atoms in total. The van der Waals surface area contributed by atoms with Gasteiger partial charge in [-0.15, -0.1) is 0 Å². The zero-order valence-electron chi connectivity index (χ0n) is 8.92. The molecule has 0 fully saturated rings. The number of carboxylic acid groups (broad SMARTS) is 1. The Hall–Kier alpha value is -2.15. The molecule has 0 saturated carbocycles. The number of aliphatic carboxylic acids is 1. The lowest BCUT2D eigenvalue weighted by Crippen LogP contribution is -2.18. The number of nitrogens with one attached hydrogen (secondary N) is 1. The first-order valence-corrected chi connectivity index (χ1v) is 5.04. The molecule has 2 aromatic heterocycles. The number of carboxylic acids is 1. The molecule has 0 spiro atoms. The average molecular weight is 237 g/mol. The van der Waals surface area contributed by atoms with Crippen LogP contribution in [0.4, 0.5) is 0 Å². The van der Waals surface area contributed by atoms with Crippen LogP contribution in [0.2, 0.25) is 0 Å². The van der Waals surface area contributed by atoms with E-state index in [2.05, 4.69) is 15.5 Å². The van der Waals surface area contributed by atoms with Crippen LogP contribution >= 0.6 is 0 Å². The number of aromatic nitrogens is 2. The van der Waals surface area contributed by atoms with E-state index >= 15 is 0 Å². The average Bonchev–Trinajstić information content (AvgIpc) is 2.94. The molecule has 0 aromatic carbocycles. The summed E-state index contributed by atoms with van der Waals surface area (Å²) in [5.74, 6) is 0.433. The molecule has 0 unspecified atom stereocenters. The van der Waals surface area contributed by atoms with Gasteiger partial charge in [0, 0.05) is 6.54 Å². The van der Waals surface area contributed by atoms with E-state index in [4.69, 9.17) is 14.0 Å². The summed E-state index contributed by atoms with van der Waals surface area (Å²) < 4.78 is 10.1. The third-order valence-electron chi connectivity index (χ3n) is 2.00. The summed E-state index contributed by atoms with van der Waals surface area (Å²) in [5.41, 5.74) is 0. The predicted octanol–water partition coefficient (Wildman–Crippen LogP) is 0.894. The SMILES string of the molecule is O=C(O)CCNCc1noc(-c2ccco2)n1. The smallest absolute Gasteiger partial charge is 0.304 e. The van der Waals surface area contributed by atoms with Gasteiger partial charge in [-0.3, -0.25) is 4.79 Å². The molecule has 0 atom stereocenters. The van der Waals surface area contributed by atoms with Crippen molar-refractivity contribution in [2.24, 2.45) is 0 Å². The molecule has 0 aliphatic carbocycles. The summed E-state index contributed by atoms with van der Waals surface area (Å²) in [6.07, 6.45) is 1.58. The molecule has 2 N–H and O–H groups in total. The highest BCUT2D eigenvalue weighted by atomic mass is 16.5. The number of rotatable bonds is 6. The summed E-state index contributed by atoms with van der Waals surface area (Å²) >= 11 is 0. The first-order chi connectivity index (χ1) is 8.25. The molecule has 17 heavy (non-hydrogen) atoms. The van der Waals surface area contributed by atoms with Crippen molar-refractivity contribution in [3.05, 3.63) is 24.2 Å². The van der Waals surface area contributed by atoms with Gasteiger partial charge in [-0.25, -0.2) is 0 Å². The van der Waals surface area contributed by atoms with Gasteiger partial charge in [0.25, 0.3) is 5.89 Å². The van der Waals surface area contributed by atoms with Crippen LogP contribution in [0.5, 0.6) is 0 Å². The molecule has 7 heteroatoms. The molecule has 2 aromatic rings. The molecule has 0 aliphatic rings. The molecular formula is C10H11N3O4. The zero-order chi connectivity index (χ0) is 12.1. The Kier molecular flexibility index (Phi) is 3.51. The van der Waals surface area contributed by atoms with Crippen molar-refractivity contribution < 1.29 is 18.8 Å². The molecular weight excluding hydrogens is 226 g/mol. The van der Waals surface area contributed by atoms with Gasteiger partial charge in [0.1, 0.15) is 0 Å². The molecule has 0 aliphatic heterocycles. The van der Waals surface area contributed by atoms with Gasteiger partial charge in [-0.05, 0) is 12.1 Å². The normalized spacial score (nSPS) is 10.6. The van der Waals surface area contributed by atoms with Gasteiger partial charge in [0.05, 0.1) is 19.2 Å². The largest absolute Gasteiger partial charge is 0.481 e. The van der Waals surface area contributed by atoms with Gasteiger partial charge in [0.15, 0.2) is 11.6 Å². The Balaban J connectivity index is 1.84. The minimum atomic E-state index is -0.845. The minimum Gasteiger partial charge on any atom is -0.481 e. The lowest BCUT2D eigenvalue weighted by Gasteiger charge is -1.96. The lowest BCUT2D eigenvalue weighted by molar-refractivity contribution is -0.136. The highest BCUT2D eigenvalue weighted by Crippen LogP contribution is 2.16. The summed E-state index contributed by atoms with van der Waals surface area (Å²) in [4.78, 5) is 14.4. The maximum absolute atomic E-state index is 10.3. The van der Waals surface area contributed by atoms with Crippen molar-refractivity contribution in [2.45, 2.75) is 13.0 Å². The predicted molar refractivity (Wildman–Crippen MR) is 56.0 cm³/mol. The molecule has 2 heterocycles. The first-order valence-electron chi connectivity index (χ1n) is 5.04. The summed E-state index contributed by atoms with van der Waals surface area (Å²) in [6.45, 7) is 0.720. The molecule has 90 valence electrons. The topological polar surface area (TPSA) is 101 Å². The van der Waals surface area contributed by atoms with Crippen LogP contribution in [-0.4, -0.2) is 27.8 Å². The minimum absolute atomic E-state index is 0.0584. The van der Waals surface area contributed by atoms with Crippen LogP contribution in [-0.2, 0) is 11.3 Å². The second-order valence-corrected chi connectivity index (χ2v) is 3.31. The van der Waals surface area contributed by atoms with Crippen LogP contribution in [0.15, 0.2) is 27.3 Å². The quantitative estimate of drug-likeness (QED) is 0.719. The van der Waals surface area contributed by atoms with E-state index in [1.54, 1.807) is 12.1 Å². The second-order valence-electron chi connectivity index (χ2n) is 3.31. The summed E-state index contributed by atoms with van der Waals surface area (Å²) in [5, 5.41) is 15.1. The van der Waals surface area contributed by atoms with Crippen molar-refractivity contribution in [2.75, 3.05) is 6.54 Å². The fraction of sp³-hybridized carbons (Fsp3) is 0.300. The molecule has 0 radical (unpaired) electrons. The molecule has 0 saturated heterocycles. The second kappa shape index (κ2) is 5.26. The summed E-state index contributed by atoms with van der Waals surface area (Å²) in [7, 11) is 0. The number of carbonyl (C=O) groups is 1.